The van der Waals surface area contributed by atoms with Gasteiger partial charge in [-0.3, -0.25) is 4.79 Å². The SMILES string of the molecule is C[NH+](Cc1nc2c(oc3ccccc32)c(=O)[nH]1)Cc1cccc(Cl)c1Cl. The summed E-state index contributed by atoms with van der Waals surface area (Å²) in [5, 5.41) is 1.94. The topological polar surface area (TPSA) is 63.3 Å². The fourth-order valence-corrected chi connectivity index (χ4v) is 3.48. The number of aromatic amines is 1. The van der Waals surface area contributed by atoms with Crippen LogP contribution in [0.4, 0.5) is 0 Å². The monoisotopic (exact) mass is 388 g/mol. The molecular formula is C19H16Cl2N3O2+. The minimum Gasteiger partial charge on any atom is -0.449 e. The second-order valence-electron chi connectivity index (χ2n) is 6.31. The third kappa shape index (κ3) is 3.09. The summed E-state index contributed by atoms with van der Waals surface area (Å²) in [6.45, 7) is 1.20. The van der Waals surface area contributed by atoms with Crippen LogP contribution in [0.3, 0.4) is 0 Å². The molecule has 0 aliphatic heterocycles. The van der Waals surface area contributed by atoms with Crippen molar-refractivity contribution < 1.29 is 9.32 Å². The average Bonchev–Trinajstić information content (AvgIpc) is 2.98. The molecule has 0 aliphatic rings. The van der Waals surface area contributed by atoms with Crippen LogP contribution >= 0.6 is 23.2 Å². The molecule has 26 heavy (non-hydrogen) atoms. The lowest BCUT2D eigenvalue weighted by Gasteiger charge is -2.14. The molecular weight excluding hydrogens is 373 g/mol. The van der Waals surface area contributed by atoms with Gasteiger partial charge in [0.15, 0.2) is 5.82 Å². The van der Waals surface area contributed by atoms with Crippen molar-refractivity contribution in [3.63, 3.8) is 0 Å². The maximum atomic E-state index is 12.4. The summed E-state index contributed by atoms with van der Waals surface area (Å²) in [7, 11) is 2.01. The van der Waals surface area contributed by atoms with Gasteiger partial charge in [0.25, 0.3) is 5.56 Å². The number of hydrogen-bond acceptors (Lipinski definition) is 3. The van der Waals surface area contributed by atoms with E-state index in [-0.39, 0.29) is 11.1 Å². The summed E-state index contributed by atoms with van der Waals surface area (Å²) in [4.78, 5) is 20.9. The highest BCUT2D eigenvalue weighted by Gasteiger charge is 2.16. The highest BCUT2D eigenvalue weighted by atomic mass is 35.5. The first-order valence-corrected chi connectivity index (χ1v) is 8.93. The maximum absolute atomic E-state index is 12.4. The van der Waals surface area contributed by atoms with Crippen LogP contribution in [0.25, 0.3) is 22.1 Å². The number of fused-ring (bicyclic) bond motifs is 3. The number of furan rings is 1. The summed E-state index contributed by atoms with van der Waals surface area (Å²) in [6.07, 6.45) is 0. The van der Waals surface area contributed by atoms with Crippen molar-refractivity contribution in [2.45, 2.75) is 13.1 Å². The smallest absolute Gasteiger partial charge is 0.294 e. The lowest BCUT2D eigenvalue weighted by atomic mass is 10.2. The number of hydrogen-bond donors (Lipinski definition) is 2. The van der Waals surface area contributed by atoms with Gasteiger partial charge in [-0.25, -0.2) is 4.98 Å². The van der Waals surface area contributed by atoms with E-state index in [1.807, 2.05) is 43.4 Å². The normalized spacial score (nSPS) is 12.7. The van der Waals surface area contributed by atoms with Crippen LogP contribution in [-0.4, -0.2) is 17.0 Å². The van der Waals surface area contributed by atoms with Gasteiger partial charge >= 0.3 is 0 Å². The molecule has 0 radical (unpaired) electrons. The number of aromatic nitrogens is 2. The molecule has 1 unspecified atom stereocenters. The molecule has 0 saturated carbocycles. The molecule has 0 fully saturated rings. The number of rotatable bonds is 4. The molecule has 5 nitrogen and oxygen atoms in total. The van der Waals surface area contributed by atoms with Crippen molar-refractivity contribution in [1.29, 1.82) is 0 Å². The van der Waals surface area contributed by atoms with E-state index >= 15 is 0 Å². The number of nitrogens with zero attached hydrogens (tertiary/aromatic N) is 1. The largest absolute Gasteiger partial charge is 0.449 e. The molecule has 0 amide bonds. The predicted octanol–water partition coefficient (Wildman–Crippen LogP) is 3.19. The van der Waals surface area contributed by atoms with Crippen LogP contribution < -0.4 is 10.5 Å². The van der Waals surface area contributed by atoms with Gasteiger partial charge in [0.2, 0.25) is 5.58 Å². The molecule has 1 atom stereocenters. The van der Waals surface area contributed by atoms with Crippen molar-refractivity contribution in [3.8, 4) is 0 Å². The molecule has 2 heterocycles. The van der Waals surface area contributed by atoms with Crippen LogP contribution in [0.1, 0.15) is 11.4 Å². The van der Waals surface area contributed by atoms with Gasteiger partial charge in [-0.05, 0) is 18.2 Å². The minimum absolute atomic E-state index is 0.255. The summed E-state index contributed by atoms with van der Waals surface area (Å²) in [5.41, 5.74) is 2.19. The molecule has 0 spiro atoms. The second kappa shape index (κ2) is 6.76. The first-order chi connectivity index (χ1) is 12.5. The molecule has 2 aromatic carbocycles. The Balaban J connectivity index is 1.65. The fraction of sp³-hybridized carbons (Fsp3) is 0.158. The number of para-hydroxylation sites is 1. The molecule has 0 bridgehead atoms. The zero-order valence-electron chi connectivity index (χ0n) is 14.0. The van der Waals surface area contributed by atoms with E-state index in [9.17, 15) is 4.79 Å². The molecule has 2 N–H and O–H groups in total. The maximum Gasteiger partial charge on any atom is 0.294 e. The van der Waals surface area contributed by atoms with Crippen LogP contribution in [0.15, 0.2) is 51.7 Å². The summed E-state index contributed by atoms with van der Waals surface area (Å²) in [6, 6.07) is 13.1. The van der Waals surface area contributed by atoms with E-state index in [1.54, 1.807) is 6.07 Å². The minimum atomic E-state index is -0.269. The van der Waals surface area contributed by atoms with E-state index in [2.05, 4.69) is 9.97 Å². The number of nitrogens with one attached hydrogen (secondary N) is 2. The lowest BCUT2D eigenvalue weighted by molar-refractivity contribution is -0.908. The van der Waals surface area contributed by atoms with Crippen molar-refractivity contribution >= 4 is 45.3 Å². The zero-order valence-corrected chi connectivity index (χ0v) is 15.5. The van der Waals surface area contributed by atoms with Gasteiger partial charge in [0.1, 0.15) is 24.2 Å². The Bertz CT molecular complexity index is 1170. The third-order valence-electron chi connectivity index (χ3n) is 4.27. The number of quaternary nitrogens is 1. The van der Waals surface area contributed by atoms with Gasteiger partial charge in [-0.1, -0.05) is 47.5 Å². The third-order valence-corrected chi connectivity index (χ3v) is 5.13. The number of benzene rings is 2. The fourth-order valence-electron chi connectivity index (χ4n) is 3.09. The standard InChI is InChI=1S/C19H15Cl2N3O2/c1-24(9-11-5-4-7-13(20)16(11)21)10-15-22-17-12-6-2-3-8-14(12)26-18(17)19(25)23-15/h2-8H,9-10H2,1H3,(H,22,23,25)/p+1. The predicted molar refractivity (Wildman–Crippen MR) is 103 cm³/mol. The summed E-state index contributed by atoms with van der Waals surface area (Å²) < 4.78 is 5.62. The Morgan fingerprint density at radius 2 is 1.92 bits per heavy atom. The van der Waals surface area contributed by atoms with Gasteiger partial charge in [0, 0.05) is 10.9 Å². The number of H-pyrrole nitrogens is 1. The van der Waals surface area contributed by atoms with Gasteiger partial charge in [-0.15, -0.1) is 0 Å². The quantitative estimate of drug-likeness (QED) is 0.564. The molecule has 0 saturated heterocycles. The second-order valence-corrected chi connectivity index (χ2v) is 7.10. The van der Waals surface area contributed by atoms with Gasteiger partial charge in [0.05, 0.1) is 17.1 Å². The molecule has 7 heteroatoms. The first-order valence-electron chi connectivity index (χ1n) is 8.17. The Morgan fingerprint density at radius 3 is 2.77 bits per heavy atom. The number of halogens is 2. The summed E-state index contributed by atoms with van der Waals surface area (Å²) in [5.74, 6) is 0.602. The lowest BCUT2D eigenvalue weighted by Crippen LogP contribution is -3.06. The molecule has 4 rings (SSSR count). The van der Waals surface area contributed by atoms with Crippen molar-refractivity contribution in [3.05, 3.63) is 74.3 Å². The van der Waals surface area contributed by atoms with Crippen molar-refractivity contribution in [2.75, 3.05) is 7.05 Å². The van der Waals surface area contributed by atoms with E-state index < -0.39 is 0 Å². The molecule has 4 aromatic rings. The Morgan fingerprint density at radius 1 is 1.12 bits per heavy atom. The van der Waals surface area contributed by atoms with Crippen LogP contribution in [0, 0.1) is 0 Å². The Kier molecular flexibility index (Phi) is 4.44. The Labute approximate surface area is 159 Å². The summed E-state index contributed by atoms with van der Waals surface area (Å²) >= 11 is 12.3. The van der Waals surface area contributed by atoms with Crippen LogP contribution in [-0.2, 0) is 13.1 Å². The van der Waals surface area contributed by atoms with E-state index in [1.165, 1.54) is 0 Å². The molecule has 0 aliphatic carbocycles. The Hall–Kier alpha value is -2.34. The van der Waals surface area contributed by atoms with E-state index in [0.717, 1.165) is 15.8 Å². The average molecular weight is 389 g/mol. The van der Waals surface area contributed by atoms with Crippen LogP contribution in [0.5, 0.6) is 0 Å². The van der Waals surface area contributed by atoms with E-state index in [4.69, 9.17) is 27.6 Å². The first kappa shape index (κ1) is 17.1. The van der Waals surface area contributed by atoms with Crippen LogP contribution in [0.2, 0.25) is 10.0 Å². The molecule has 132 valence electrons. The van der Waals surface area contributed by atoms with Gasteiger partial charge < -0.3 is 14.3 Å². The van der Waals surface area contributed by atoms with Gasteiger partial charge in [-0.2, -0.15) is 0 Å². The highest BCUT2D eigenvalue weighted by molar-refractivity contribution is 6.42. The van der Waals surface area contributed by atoms with Crippen molar-refractivity contribution in [1.82, 2.24) is 9.97 Å². The zero-order chi connectivity index (χ0) is 18.3. The molecule has 2 aromatic heterocycles. The van der Waals surface area contributed by atoms with E-state index in [0.29, 0.717) is 40.1 Å². The highest BCUT2D eigenvalue weighted by Crippen LogP contribution is 2.25. The van der Waals surface area contributed by atoms with Crippen molar-refractivity contribution in [2.24, 2.45) is 0 Å².